The van der Waals surface area contributed by atoms with Crippen LogP contribution in [0.4, 0.5) is 0 Å². The van der Waals surface area contributed by atoms with E-state index in [0.29, 0.717) is 12.0 Å². The molecule has 0 aliphatic rings. The van der Waals surface area contributed by atoms with Crippen LogP contribution in [-0.4, -0.2) is 29.4 Å². The molecule has 1 unspecified atom stereocenters. The van der Waals surface area contributed by atoms with Crippen LogP contribution < -0.4 is 0 Å². The molecule has 0 aliphatic heterocycles. The SMILES string of the molecule is CCCOC(=O)[C@H](C)C(C(=O)O)C(=O)Cc1ccc(-c2ccccc2)cc1. The molecule has 5 heteroatoms. The van der Waals surface area contributed by atoms with Gasteiger partial charge < -0.3 is 9.84 Å². The molecule has 0 saturated heterocycles. The number of ether oxygens (including phenoxy) is 1. The van der Waals surface area contributed by atoms with Gasteiger partial charge >= 0.3 is 11.9 Å². The van der Waals surface area contributed by atoms with E-state index in [1.807, 2.05) is 49.4 Å². The number of hydrogen-bond acceptors (Lipinski definition) is 4. The van der Waals surface area contributed by atoms with Gasteiger partial charge in [-0.2, -0.15) is 0 Å². The fraction of sp³-hybridized carbons (Fsp3) is 0.318. The predicted octanol–water partition coefficient (Wildman–Crippen LogP) is 3.76. The Hall–Kier alpha value is -2.95. The van der Waals surface area contributed by atoms with Gasteiger partial charge in [-0.1, -0.05) is 68.4 Å². The molecule has 0 fully saturated rings. The van der Waals surface area contributed by atoms with Crippen LogP contribution in [0.2, 0.25) is 0 Å². The van der Waals surface area contributed by atoms with E-state index in [1.54, 1.807) is 12.1 Å². The lowest BCUT2D eigenvalue weighted by molar-refractivity contribution is -0.160. The Morgan fingerprint density at radius 2 is 1.56 bits per heavy atom. The molecule has 0 radical (unpaired) electrons. The summed E-state index contributed by atoms with van der Waals surface area (Å²) < 4.78 is 4.99. The van der Waals surface area contributed by atoms with Crippen LogP contribution in [0, 0.1) is 11.8 Å². The molecule has 0 aliphatic carbocycles. The molecule has 5 nitrogen and oxygen atoms in total. The van der Waals surface area contributed by atoms with Crippen molar-refractivity contribution in [2.75, 3.05) is 6.61 Å². The maximum atomic E-state index is 12.5. The van der Waals surface area contributed by atoms with Gasteiger partial charge in [0.25, 0.3) is 0 Å². The van der Waals surface area contributed by atoms with E-state index in [1.165, 1.54) is 6.92 Å². The highest BCUT2D eigenvalue weighted by molar-refractivity contribution is 6.02. The summed E-state index contributed by atoms with van der Waals surface area (Å²) in [4.78, 5) is 36.1. The third kappa shape index (κ3) is 5.51. The van der Waals surface area contributed by atoms with Crippen molar-refractivity contribution in [3.63, 3.8) is 0 Å². The molecular weight excluding hydrogens is 344 g/mol. The van der Waals surface area contributed by atoms with Gasteiger partial charge in [-0.15, -0.1) is 0 Å². The number of ketones is 1. The second-order valence-corrected chi connectivity index (χ2v) is 6.48. The van der Waals surface area contributed by atoms with Crippen LogP contribution in [0.25, 0.3) is 11.1 Å². The van der Waals surface area contributed by atoms with E-state index in [-0.39, 0.29) is 13.0 Å². The van der Waals surface area contributed by atoms with Crippen molar-refractivity contribution in [3.05, 3.63) is 60.2 Å². The zero-order valence-corrected chi connectivity index (χ0v) is 15.6. The minimum atomic E-state index is -1.41. The minimum Gasteiger partial charge on any atom is -0.481 e. The summed E-state index contributed by atoms with van der Waals surface area (Å²) in [5, 5.41) is 9.43. The first-order valence-electron chi connectivity index (χ1n) is 9.00. The number of esters is 1. The second-order valence-electron chi connectivity index (χ2n) is 6.48. The first-order chi connectivity index (χ1) is 12.9. The van der Waals surface area contributed by atoms with E-state index < -0.39 is 29.6 Å². The van der Waals surface area contributed by atoms with Crippen molar-refractivity contribution in [3.8, 4) is 11.1 Å². The Bertz CT molecular complexity index is 780. The van der Waals surface area contributed by atoms with E-state index >= 15 is 0 Å². The van der Waals surface area contributed by atoms with Crippen LogP contribution in [0.5, 0.6) is 0 Å². The Balaban J connectivity index is 2.09. The van der Waals surface area contributed by atoms with Crippen LogP contribution in [0.3, 0.4) is 0 Å². The van der Waals surface area contributed by atoms with E-state index in [2.05, 4.69) is 0 Å². The number of rotatable bonds is 9. The highest BCUT2D eigenvalue weighted by Crippen LogP contribution is 2.21. The summed E-state index contributed by atoms with van der Waals surface area (Å²) in [5.41, 5.74) is 2.78. The molecule has 0 bridgehead atoms. The normalized spacial score (nSPS) is 12.8. The fourth-order valence-electron chi connectivity index (χ4n) is 2.86. The molecule has 2 aromatic carbocycles. The number of carboxylic acid groups (broad SMARTS) is 1. The van der Waals surface area contributed by atoms with E-state index in [9.17, 15) is 19.5 Å². The molecule has 27 heavy (non-hydrogen) atoms. The van der Waals surface area contributed by atoms with Crippen molar-refractivity contribution in [1.82, 2.24) is 0 Å². The second kappa shape index (κ2) is 9.67. The third-order valence-corrected chi connectivity index (χ3v) is 4.37. The van der Waals surface area contributed by atoms with Gasteiger partial charge in [-0.05, 0) is 23.1 Å². The highest BCUT2D eigenvalue weighted by Gasteiger charge is 2.36. The number of carbonyl (C=O) groups is 3. The predicted molar refractivity (Wildman–Crippen MR) is 102 cm³/mol. The summed E-state index contributed by atoms with van der Waals surface area (Å²) in [7, 11) is 0. The number of hydrogen-bond donors (Lipinski definition) is 1. The van der Waals surface area contributed by atoms with Crippen molar-refractivity contribution in [1.29, 1.82) is 0 Å². The Labute approximate surface area is 159 Å². The van der Waals surface area contributed by atoms with Gasteiger partial charge in [0.2, 0.25) is 0 Å². The van der Waals surface area contributed by atoms with Gasteiger partial charge in [0.15, 0.2) is 5.78 Å². The molecule has 0 spiro atoms. The maximum absolute atomic E-state index is 12.5. The Morgan fingerprint density at radius 1 is 0.963 bits per heavy atom. The average Bonchev–Trinajstić information content (AvgIpc) is 2.67. The van der Waals surface area contributed by atoms with E-state index in [4.69, 9.17) is 4.74 Å². The lowest BCUT2D eigenvalue weighted by Crippen LogP contribution is -2.36. The molecule has 0 heterocycles. The van der Waals surface area contributed by atoms with Gasteiger partial charge in [0.1, 0.15) is 5.92 Å². The number of Topliss-reactive ketones (excluding diaryl/α,β-unsaturated/α-hetero) is 1. The fourth-order valence-corrected chi connectivity index (χ4v) is 2.86. The lowest BCUT2D eigenvalue weighted by atomic mass is 9.87. The van der Waals surface area contributed by atoms with Gasteiger partial charge in [0.05, 0.1) is 12.5 Å². The van der Waals surface area contributed by atoms with Gasteiger partial charge in [-0.25, -0.2) is 0 Å². The molecule has 1 N–H and O–H groups in total. The summed E-state index contributed by atoms with van der Waals surface area (Å²) in [6.45, 7) is 3.48. The molecular formula is C22H24O5. The highest BCUT2D eigenvalue weighted by atomic mass is 16.5. The topological polar surface area (TPSA) is 80.7 Å². The largest absolute Gasteiger partial charge is 0.481 e. The smallest absolute Gasteiger partial charge is 0.314 e. The maximum Gasteiger partial charge on any atom is 0.314 e. The molecule has 2 aromatic rings. The van der Waals surface area contributed by atoms with Crippen LogP contribution >= 0.6 is 0 Å². The molecule has 0 amide bonds. The third-order valence-electron chi connectivity index (χ3n) is 4.37. The molecule has 0 saturated carbocycles. The molecule has 2 atom stereocenters. The number of aliphatic carboxylic acids is 1. The van der Waals surface area contributed by atoms with Crippen molar-refractivity contribution in [2.45, 2.75) is 26.7 Å². The summed E-state index contributed by atoms with van der Waals surface area (Å²) in [6.07, 6.45) is 0.593. The van der Waals surface area contributed by atoms with E-state index in [0.717, 1.165) is 11.1 Å². The van der Waals surface area contributed by atoms with Crippen LogP contribution in [-0.2, 0) is 25.5 Å². The molecule has 0 aromatic heterocycles. The summed E-state index contributed by atoms with van der Waals surface area (Å²) in [6, 6.07) is 17.2. The van der Waals surface area contributed by atoms with Crippen molar-refractivity contribution in [2.24, 2.45) is 11.8 Å². The Morgan fingerprint density at radius 3 is 2.11 bits per heavy atom. The minimum absolute atomic E-state index is 0.0442. The Kier molecular flexibility index (Phi) is 7.29. The number of carboxylic acids is 1. The van der Waals surface area contributed by atoms with Gasteiger partial charge in [-0.3, -0.25) is 14.4 Å². The summed E-state index contributed by atoms with van der Waals surface area (Å²) >= 11 is 0. The van der Waals surface area contributed by atoms with Crippen LogP contribution in [0.15, 0.2) is 54.6 Å². The van der Waals surface area contributed by atoms with Gasteiger partial charge in [0, 0.05) is 6.42 Å². The van der Waals surface area contributed by atoms with Crippen molar-refractivity contribution < 1.29 is 24.2 Å². The van der Waals surface area contributed by atoms with Crippen molar-refractivity contribution >= 4 is 17.7 Å². The standard InChI is InChI=1S/C22H24O5/c1-3-13-27-22(26)15(2)20(21(24)25)19(23)14-16-9-11-18(12-10-16)17-7-5-4-6-8-17/h4-12,15,20H,3,13-14H2,1-2H3,(H,24,25)/t15-,20?/m1/s1. The number of benzene rings is 2. The first kappa shape index (κ1) is 20.4. The number of carbonyl (C=O) groups excluding carboxylic acids is 2. The lowest BCUT2D eigenvalue weighted by Gasteiger charge is -2.18. The molecule has 2 rings (SSSR count). The zero-order valence-electron chi connectivity index (χ0n) is 15.6. The molecule has 142 valence electrons. The summed E-state index contributed by atoms with van der Waals surface area (Å²) in [5.74, 6) is -4.90. The quantitative estimate of drug-likeness (QED) is 0.538. The monoisotopic (exact) mass is 368 g/mol. The first-order valence-corrected chi connectivity index (χ1v) is 9.00. The average molecular weight is 368 g/mol. The zero-order chi connectivity index (χ0) is 19.8. The van der Waals surface area contributed by atoms with Crippen LogP contribution in [0.1, 0.15) is 25.8 Å².